The van der Waals surface area contributed by atoms with Gasteiger partial charge in [0.05, 0.1) is 11.7 Å². The maximum atomic E-state index is 13.1. The van der Waals surface area contributed by atoms with Crippen LogP contribution >= 0.6 is 15.9 Å². The number of aliphatic hydroxyl groups is 2. The number of carbonyl (C=O) groups is 1. The molecular weight excluding hydrogens is 283 g/mol. The monoisotopic (exact) mass is 292 g/mol. The predicted octanol–water partition coefficient (Wildman–Crippen LogP) is 1.13. The Labute approximate surface area is 99.5 Å². The van der Waals surface area contributed by atoms with Crippen molar-refractivity contribution < 1.29 is 24.5 Å². The molecule has 1 rings (SSSR count). The Kier molecular flexibility index (Phi) is 4.40. The van der Waals surface area contributed by atoms with Crippen molar-refractivity contribution in [3.63, 3.8) is 0 Å². The highest BCUT2D eigenvalue weighted by atomic mass is 79.9. The second kappa shape index (κ2) is 5.38. The Hall–Kier alpha value is -0.980. The number of alkyl halides is 1. The number of rotatable bonds is 4. The quantitative estimate of drug-likeness (QED) is 0.574. The molecule has 1 aromatic carbocycles. The van der Waals surface area contributed by atoms with Crippen LogP contribution in [0.2, 0.25) is 0 Å². The van der Waals surface area contributed by atoms with Gasteiger partial charge in [0.15, 0.2) is 17.9 Å². The Bertz CT molecular complexity index is 397. The average molecular weight is 293 g/mol. The highest BCUT2D eigenvalue weighted by Crippen LogP contribution is 2.26. The normalized spacial score (nSPS) is 14.5. The molecule has 6 heteroatoms. The van der Waals surface area contributed by atoms with E-state index < -0.39 is 23.8 Å². The number of phenols is 1. The maximum Gasteiger partial charge on any atom is 0.165 e. The van der Waals surface area contributed by atoms with E-state index in [2.05, 4.69) is 15.9 Å². The molecule has 0 aromatic heterocycles. The lowest BCUT2D eigenvalue weighted by Gasteiger charge is -2.16. The van der Waals surface area contributed by atoms with Crippen molar-refractivity contribution in [3.05, 3.63) is 29.1 Å². The molecule has 3 N–H and O–H groups in total. The lowest BCUT2D eigenvalue weighted by atomic mass is 10.0. The first kappa shape index (κ1) is 13.1. The van der Waals surface area contributed by atoms with E-state index in [4.69, 9.17) is 5.11 Å². The summed E-state index contributed by atoms with van der Waals surface area (Å²) < 4.78 is 13.1. The standard InChI is InChI=1S/C10H10BrFO4/c11-3-8(14)10(16)5-1-6(4-13)9(15)7(12)2-5/h1-2,4,8,10,14-16H,3H2. The molecule has 88 valence electrons. The third-order valence-electron chi connectivity index (χ3n) is 2.11. The van der Waals surface area contributed by atoms with Gasteiger partial charge in [0.1, 0.15) is 6.10 Å². The number of phenolic OH excluding ortho intramolecular Hbond substituents is 1. The van der Waals surface area contributed by atoms with E-state index in [1.54, 1.807) is 0 Å². The van der Waals surface area contributed by atoms with Crippen molar-refractivity contribution in [3.8, 4) is 5.75 Å². The molecular formula is C10H10BrFO4. The topological polar surface area (TPSA) is 77.8 Å². The molecule has 0 aliphatic heterocycles. The highest BCUT2D eigenvalue weighted by molar-refractivity contribution is 9.09. The van der Waals surface area contributed by atoms with E-state index >= 15 is 0 Å². The van der Waals surface area contributed by atoms with Crippen LogP contribution in [0.4, 0.5) is 4.39 Å². The van der Waals surface area contributed by atoms with Crippen molar-refractivity contribution >= 4 is 22.2 Å². The first-order valence-electron chi connectivity index (χ1n) is 4.41. The first-order valence-corrected chi connectivity index (χ1v) is 5.53. The molecule has 0 aliphatic rings. The average Bonchev–Trinajstić information content (AvgIpc) is 2.30. The lowest BCUT2D eigenvalue weighted by molar-refractivity contribution is 0.0340. The number of benzene rings is 1. The van der Waals surface area contributed by atoms with E-state index in [-0.39, 0.29) is 22.7 Å². The summed E-state index contributed by atoms with van der Waals surface area (Å²) >= 11 is 2.96. The molecule has 0 fully saturated rings. The van der Waals surface area contributed by atoms with Gasteiger partial charge < -0.3 is 15.3 Å². The molecule has 0 aliphatic carbocycles. The van der Waals surface area contributed by atoms with Gasteiger partial charge in [-0.1, -0.05) is 15.9 Å². The second-order valence-electron chi connectivity index (χ2n) is 3.22. The van der Waals surface area contributed by atoms with Crippen LogP contribution in [0.1, 0.15) is 22.0 Å². The third-order valence-corrected chi connectivity index (χ3v) is 2.77. The first-order chi connectivity index (χ1) is 7.51. The van der Waals surface area contributed by atoms with Crippen molar-refractivity contribution in [2.75, 3.05) is 5.33 Å². The van der Waals surface area contributed by atoms with Gasteiger partial charge in [-0.3, -0.25) is 4.79 Å². The van der Waals surface area contributed by atoms with Crippen LogP contribution in [0.3, 0.4) is 0 Å². The van der Waals surface area contributed by atoms with E-state index in [9.17, 15) is 19.4 Å². The van der Waals surface area contributed by atoms with Gasteiger partial charge in [-0.2, -0.15) is 0 Å². The summed E-state index contributed by atoms with van der Waals surface area (Å²) in [5.74, 6) is -1.78. The van der Waals surface area contributed by atoms with E-state index in [0.29, 0.717) is 0 Å². The zero-order chi connectivity index (χ0) is 12.3. The molecule has 0 radical (unpaired) electrons. The maximum absolute atomic E-state index is 13.1. The fourth-order valence-corrected chi connectivity index (χ4v) is 1.56. The molecule has 4 nitrogen and oxygen atoms in total. The van der Waals surface area contributed by atoms with Crippen LogP contribution < -0.4 is 0 Å². The Balaban J connectivity index is 3.15. The SMILES string of the molecule is O=Cc1cc(C(O)C(O)CBr)cc(F)c1O. The molecule has 0 spiro atoms. The molecule has 0 heterocycles. The van der Waals surface area contributed by atoms with Crippen LogP contribution in [0.5, 0.6) is 5.75 Å². The van der Waals surface area contributed by atoms with Crippen LogP contribution in [-0.2, 0) is 0 Å². The predicted molar refractivity (Wildman–Crippen MR) is 58.2 cm³/mol. The van der Waals surface area contributed by atoms with Crippen LogP contribution in [-0.4, -0.2) is 33.0 Å². The Morgan fingerprint density at radius 2 is 2.06 bits per heavy atom. The summed E-state index contributed by atoms with van der Waals surface area (Å²) in [4.78, 5) is 10.5. The second-order valence-corrected chi connectivity index (χ2v) is 3.87. The fraction of sp³-hybridized carbons (Fsp3) is 0.300. The summed E-state index contributed by atoms with van der Waals surface area (Å²) in [6, 6.07) is 2.00. The summed E-state index contributed by atoms with van der Waals surface area (Å²) in [7, 11) is 0. The third kappa shape index (κ3) is 2.58. The van der Waals surface area contributed by atoms with Gasteiger partial charge in [0.25, 0.3) is 0 Å². The molecule has 16 heavy (non-hydrogen) atoms. The summed E-state index contributed by atoms with van der Waals surface area (Å²) in [5.41, 5.74) is -0.236. The van der Waals surface area contributed by atoms with Gasteiger partial charge in [0, 0.05) is 5.33 Å². The smallest absolute Gasteiger partial charge is 0.165 e. The fourth-order valence-electron chi connectivity index (χ4n) is 1.21. The number of hydrogen-bond acceptors (Lipinski definition) is 4. The zero-order valence-corrected chi connectivity index (χ0v) is 9.69. The number of aldehydes is 1. The van der Waals surface area contributed by atoms with Crippen LogP contribution in [0, 0.1) is 5.82 Å². The minimum absolute atomic E-state index is 0.0318. The van der Waals surface area contributed by atoms with Crippen LogP contribution in [0.15, 0.2) is 12.1 Å². The van der Waals surface area contributed by atoms with Gasteiger partial charge >= 0.3 is 0 Å². The van der Waals surface area contributed by atoms with Crippen molar-refractivity contribution in [1.82, 2.24) is 0 Å². The lowest BCUT2D eigenvalue weighted by Crippen LogP contribution is -2.19. The molecule has 2 atom stereocenters. The van der Waals surface area contributed by atoms with Crippen molar-refractivity contribution in [2.45, 2.75) is 12.2 Å². The van der Waals surface area contributed by atoms with Crippen LogP contribution in [0.25, 0.3) is 0 Å². The van der Waals surface area contributed by atoms with Gasteiger partial charge in [-0.25, -0.2) is 4.39 Å². The molecule has 2 unspecified atom stereocenters. The molecule has 0 bridgehead atoms. The molecule has 1 aromatic rings. The number of halogens is 2. The largest absolute Gasteiger partial charge is 0.504 e. The van der Waals surface area contributed by atoms with E-state index in [1.165, 1.54) is 0 Å². The van der Waals surface area contributed by atoms with E-state index in [0.717, 1.165) is 12.1 Å². The molecule has 0 saturated carbocycles. The minimum Gasteiger partial charge on any atom is -0.504 e. The van der Waals surface area contributed by atoms with Gasteiger partial charge in [-0.05, 0) is 17.7 Å². The zero-order valence-electron chi connectivity index (χ0n) is 8.10. The number of aliphatic hydroxyl groups excluding tert-OH is 2. The summed E-state index contributed by atoms with van der Waals surface area (Å²) in [6.45, 7) is 0. The Morgan fingerprint density at radius 1 is 1.44 bits per heavy atom. The van der Waals surface area contributed by atoms with Gasteiger partial charge in [0.2, 0.25) is 0 Å². The van der Waals surface area contributed by atoms with E-state index in [1.807, 2.05) is 0 Å². The minimum atomic E-state index is -1.33. The summed E-state index contributed by atoms with van der Waals surface area (Å²) in [6.07, 6.45) is -2.17. The highest BCUT2D eigenvalue weighted by Gasteiger charge is 2.20. The number of hydrogen-bond donors (Lipinski definition) is 3. The number of carbonyl (C=O) groups excluding carboxylic acids is 1. The summed E-state index contributed by atoms with van der Waals surface area (Å²) in [5, 5.41) is 28.2. The molecule has 0 amide bonds. The number of aromatic hydroxyl groups is 1. The van der Waals surface area contributed by atoms with Crippen molar-refractivity contribution in [2.24, 2.45) is 0 Å². The van der Waals surface area contributed by atoms with Crippen molar-refractivity contribution in [1.29, 1.82) is 0 Å². The molecule has 0 saturated heterocycles. The Morgan fingerprint density at radius 3 is 2.56 bits per heavy atom. The van der Waals surface area contributed by atoms with Gasteiger partial charge in [-0.15, -0.1) is 0 Å².